The molecule has 28 heavy (non-hydrogen) atoms. The third-order valence-corrected chi connectivity index (χ3v) is 4.73. The van der Waals surface area contributed by atoms with Crippen molar-refractivity contribution in [2.75, 3.05) is 0 Å². The molecule has 0 unspecified atom stereocenters. The van der Waals surface area contributed by atoms with Gasteiger partial charge in [-0.05, 0) is 35.2 Å². The molecule has 0 spiro atoms. The highest BCUT2D eigenvalue weighted by Crippen LogP contribution is 2.33. The van der Waals surface area contributed by atoms with Gasteiger partial charge < -0.3 is 9.15 Å². The van der Waals surface area contributed by atoms with Crippen LogP contribution < -0.4 is 10.4 Å². The van der Waals surface area contributed by atoms with Crippen LogP contribution in [0, 0.1) is 5.82 Å². The minimum Gasteiger partial charge on any atom is -0.488 e. The summed E-state index contributed by atoms with van der Waals surface area (Å²) in [5.41, 5.74) is 3.24. The van der Waals surface area contributed by atoms with Crippen LogP contribution in [0.5, 0.6) is 5.75 Å². The standard InChI is InChI=1S/C24H19FO3/c1-2-16-12-20-19(17-8-4-3-5-9-17)13-24(26)28-23(20)14-22(16)27-15-18-10-6-7-11-21(18)25/h3-14H,2,15H2,1H3. The van der Waals surface area contributed by atoms with E-state index in [0.29, 0.717) is 16.9 Å². The Labute approximate surface area is 162 Å². The maximum Gasteiger partial charge on any atom is 0.336 e. The van der Waals surface area contributed by atoms with Crippen molar-refractivity contribution in [2.24, 2.45) is 0 Å². The van der Waals surface area contributed by atoms with Gasteiger partial charge in [-0.1, -0.05) is 55.5 Å². The lowest BCUT2D eigenvalue weighted by Crippen LogP contribution is -2.03. The average molecular weight is 374 g/mol. The van der Waals surface area contributed by atoms with E-state index in [4.69, 9.17) is 9.15 Å². The Kier molecular flexibility index (Phi) is 4.94. The Bertz CT molecular complexity index is 1180. The van der Waals surface area contributed by atoms with Gasteiger partial charge in [0.15, 0.2) is 0 Å². The lowest BCUT2D eigenvalue weighted by molar-refractivity contribution is 0.297. The van der Waals surface area contributed by atoms with Crippen LogP contribution >= 0.6 is 0 Å². The number of hydrogen-bond acceptors (Lipinski definition) is 3. The molecule has 0 radical (unpaired) electrons. The van der Waals surface area contributed by atoms with E-state index in [9.17, 15) is 9.18 Å². The molecule has 3 aromatic carbocycles. The summed E-state index contributed by atoms with van der Waals surface area (Å²) < 4.78 is 25.2. The number of ether oxygens (including phenoxy) is 1. The van der Waals surface area contributed by atoms with Gasteiger partial charge in [-0.3, -0.25) is 0 Å². The van der Waals surface area contributed by atoms with Crippen LogP contribution in [0.3, 0.4) is 0 Å². The first kappa shape index (κ1) is 18.0. The fourth-order valence-electron chi connectivity index (χ4n) is 3.27. The molecule has 4 heteroatoms. The molecular formula is C24H19FO3. The second kappa shape index (κ2) is 7.69. The Morgan fingerprint density at radius 1 is 0.929 bits per heavy atom. The predicted octanol–water partition coefficient (Wildman–Crippen LogP) is 5.74. The highest BCUT2D eigenvalue weighted by atomic mass is 19.1. The lowest BCUT2D eigenvalue weighted by Gasteiger charge is -2.14. The number of rotatable bonds is 5. The Morgan fingerprint density at radius 2 is 1.68 bits per heavy atom. The number of hydrogen-bond donors (Lipinski definition) is 0. The minimum absolute atomic E-state index is 0.105. The van der Waals surface area contributed by atoms with Gasteiger partial charge in [0.25, 0.3) is 0 Å². The van der Waals surface area contributed by atoms with Crippen LogP contribution in [0.25, 0.3) is 22.1 Å². The molecule has 0 bridgehead atoms. The van der Waals surface area contributed by atoms with Crippen molar-refractivity contribution in [3.05, 3.63) is 100 Å². The van der Waals surface area contributed by atoms with Crippen LogP contribution in [0.1, 0.15) is 18.1 Å². The minimum atomic E-state index is -0.421. The summed E-state index contributed by atoms with van der Waals surface area (Å²) in [6.07, 6.45) is 0.732. The van der Waals surface area contributed by atoms with Gasteiger partial charge in [0.05, 0.1) is 0 Å². The second-order valence-corrected chi connectivity index (χ2v) is 6.53. The molecular weight excluding hydrogens is 355 g/mol. The first-order chi connectivity index (χ1) is 13.7. The van der Waals surface area contributed by atoms with Crippen molar-refractivity contribution >= 4 is 11.0 Å². The zero-order valence-corrected chi connectivity index (χ0v) is 15.4. The highest BCUT2D eigenvalue weighted by Gasteiger charge is 2.13. The Hall–Kier alpha value is -3.40. The molecule has 0 saturated heterocycles. The summed E-state index contributed by atoms with van der Waals surface area (Å²) in [4.78, 5) is 12.1. The van der Waals surface area contributed by atoms with Gasteiger partial charge in [-0.15, -0.1) is 0 Å². The first-order valence-electron chi connectivity index (χ1n) is 9.18. The van der Waals surface area contributed by atoms with E-state index in [1.54, 1.807) is 24.3 Å². The third kappa shape index (κ3) is 3.54. The average Bonchev–Trinajstić information content (AvgIpc) is 2.72. The molecule has 3 nitrogen and oxygen atoms in total. The molecule has 0 atom stereocenters. The van der Waals surface area contributed by atoms with E-state index in [1.165, 1.54) is 12.1 Å². The topological polar surface area (TPSA) is 39.4 Å². The van der Waals surface area contributed by atoms with Gasteiger partial charge >= 0.3 is 5.63 Å². The summed E-state index contributed by atoms with van der Waals surface area (Å²) in [6.45, 7) is 2.13. The first-order valence-corrected chi connectivity index (χ1v) is 9.18. The molecule has 0 N–H and O–H groups in total. The van der Waals surface area contributed by atoms with Crippen molar-refractivity contribution in [3.63, 3.8) is 0 Å². The number of benzene rings is 3. The number of aryl methyl sites for hydroxylation is 1. The molecule has 4 rings (SSSR count). The number of halogens is 1. The van der Waals surface area contributed by atoms with E-state index in [-0.39, 0.29) is 12.4 Å². The zero-order chi connectivity index (χ0) is 19.5. The van der Waals surface area contributed by atoms with Crippen LogP contribution in [-0.4, -0.2) is 0 Å². The summed E-state index contributed by atoms with van der Waals surface area (Å²) in [5.74, 6) is 0.283. The summed E-state index contributed by atoms with van der Waals surface area (Å²) >= 11 is 0. The molecule has 0 aliphatic rings. The summed E-state index contributed by atoms with van der Waals surface area (Å²) in [5, 5.41) is 0.848. The van der Waals surface area contributed by atoms with Gasteiger partial charge in [-0.2, -0.15) is 0 Å². The van der Waals surface area contributed by atoms with E-state index in [2.05, 4.69) is 0 Å². The predicted molar refractivity (Wildman–Crippen MR) is 108 cm³/mol. The largest absolute Gasteiger partial charge is 0.488 e. The van der Waals surface area contributed by atoms with Crippen LogP contribution in [0.2, 0.25) is 0 Å². The third-order valence-electron chi connectivity index (χ3n) is 4.73. The van der Waals surface area contributed by atoms with Crippen molar-refractivity contribution in [3.8, 4) is 16.9 Å². The van der Waals surface area contributed by atoms with Gasteiger partial charge in [0.2, 0.25) is 0 Å². The lowest BCUT2D eigenvalue weighted by atomic mass is 9.99. The molecule has 1 aromatic heterocycles. The molecule has 0 aliphatic heterocycles. The van der Waals surface area contributed by atoms with Crippen molar-refractivity contribution in [1.82, 2.24) is 0 Å². The quantitative estimate of drug-likeness (QED) is 0.418. The summed E-state index contributed by atoms with van der Waals surface area (Å²) in [7, 11) is 0. The van der Waals surface area contributed by atoms with Crippen LogP contribution in [-0.2, 0) is 13.0 Å². The molecule has 0 amide bonds. The molecule has 4 aromatic rings. The Balaban J connectivity index is 1.79. The van der Waals surface area contributed by atoms with E-state index in [1.807, 2.05) is 43.3 Å². The highest BCUT2D eigenvalue weighted by molar-refractivity contribution is 5.94. The summed E-state index contributed by atoms with van der Waals surface area (Å²) in [6, 6.07) is 21.5. The van der Waals surface area contributed by atoms with Crippen molar-refractivity contribution < 1.29 is 13.5 Å². The maximum absolute atomic E-state index is 13.9. The normalized spacial score (nSPS) is 10.9. The fourth-order valence-corrected chi connectivity index (χ4v) is 3.27. The van der Waals surface area contributed by atoms with E-state index >= 15 is 0 Å². The van der Waals surface area contributed by atoms with Crippen molar-refractivity contribution in [2.45, 2.75) is 20.0 Å². The molecule has 0 saturated carbocycles. The van der Waals surface area contributed by atoms with Gasteiger partial charge in [0.1, 0.15) is 23.8 Å². The van der Waals surface area contributed by atoms with E-state index < -0.39 is 5.63 Å². The van der Waals surface area contributed by atoms with Crippen LogP contribution in [0.4, 0.5) is 4.39 Å². The van der Waals surface area contributed by atoms with E-state index in [0.717, 1.165) is 28.5 Å². The van der Waals surface area contributed by atoms with Gasteiger partial charge in [-0.25, -0.2) is 9.18 Å². The van der Waals surface area contributed by atoms with Gasteiger partial charge in [0, 0.05) is 23.1 Å². The maximum atomic E-state index is 13.9. The molecule has 140 valence electrons. The molecule has 0 aliphatic carbocycles. The monoisotopic (exact) mass is 374 g/mol. The number of fused-ring (bicyclic) bond motifs is 1. The zero-order valence-electron chi connectivity index (χ0n) is 15.4. The SMILES string of the molecule is CCc1cc2c(-c3ccccc3)cc(=O)oc2cc1OCc1ccccc1F. The smallest absolute Gasteiger partial charge is 0.336 e. The fraction of sp³-hybridized carbons (Fsp3) is 0.125. The van der Waals surface area contributed by atoms with Crippen LogP contribution in [0.15, 0.2) is 82.0 Å². The molecule has 0 fully saturated rings. The second-order valence-electron chi connectivity index (χ2n) is 6.53. The Morgan fingerprint density at radius 3 is 2.43 bits per heavy atom. The molecule has 1 heterocycles. The van der Waals surface area contributed by atoms with Crippen molar-refractivity contribution in [1.29, 1.82) is 0 Å².